The maximum atomic E-state index is 13.3. The van der Waals surface area contributed by atoms with E-state index in [1.807, 2.05) is 24.3 Å². The number of ether oxygens (including phenoxy) is 1. The minimum Gasteiger partial charge on any atom is -0.497 e. The summed E-state index contributed by atoms with van der Waals surface area (Å²) in [4.78, 5) is 0. The van der Waals surface area contributed by atoms with E-state index in [9.17, 15) is 13.0 Å². The first-order chi connectivity index (χ1) is 13.5. The van der Waals surface area contributed by atoms with Crippen LogP contribution in [0, 0.1) is 0 Å². The number of aromatic nitrogens is 2. The van der Waals surface area contributed by atoms with Gasteiger partial charge in [0.15, 0.2) is 0 Å². The number of nitrogens with one attached hydrogen (secondary N) is 1. The van der Waals surface area contributed by atoms with Gasteiger partial charge < -0.3 is 4.74 Å². The average molecular weight is 405 g/mol. The summed E-state index contributed by atoms with van der Waals surface area (Å²) in [5.41, 5.74) is 2.82. The number of rotatable bonds is 8. The molecule has 3 aromatic rings. The van der Waals surface area contributed by atoms with Crippen LogP contribution in [0.25, 0.3) is 16.9 Å². The summed E-state index contributed by atoms with van der Waals surface area (Å²) in [6.45, 7) is 0.599. The van der Waals surface area contributed by atoms with E-state index in [2.05, 4.69) is 9.82 Å². The van der Waals surface area contributed by atoms with E-state index in [0.717, 1.165) is 17.5 Å². The lowest BCUT2D eigenvalue weighted by Gasteiger charge is -2.09. The molecule has 0 bridgehead atoms. The van der Waals surface area contributed by atoms with E-state index >= 15 is 0 Å². The molecule has 2 aromatic carbocycles. The molecule has 3 rings (SSSR count). The van der Waals surface area contributed by atoms with Gasteiger partial charge >= 0.3 is 0 Å². The smallest absolute Gasteiger partial charge is 0.282 e. The fraction of sp³-hybridized carbons (Fsp3) is 0.250. The number of benzene rings is 2. The second kappa shape index (κ2) is 9.07. The Morgan fingerprint density at radius 2 is 1.82 bits per heavy atom. The third-order valence-electron chi connectivity index (χ3n) is 4.24. The van der Waals surface area contributed by atoms with Gasteiger partial charge in [-0.3, -0.25) is 0 Å². The van der Waals surface area contributed by atoms with Crippen molar-refractivity contribution in [1.29, 1.82) is 0 Å². The van der Waals surface area contributed by atoms with Crippen molar-refractivity contribution in [2.75, 3.05) is 19.9 Å². The van der Waals surface area contributed by atoms with Crippen molar-refractivity contribution in [2.45, 2.75) is 12.8 Å². The van der Waals surface area contributed by atoms with Gasteiger partial charge in [-0.15, -0.1) is 0 Å². The Hall–Kier alpha value is -2.58. The van der Waals surface area contributed by atoms with Crippen molar-refractivity contribution in [1.82, 2.24) is 14.5 Å². The van der Waals surface area contributed by atoms with Crippen LogP contribution in [0.5, 0.6) is 5.75 Å². The Bertz CT molecular complexity index is 941. The van der Waals surface area contributed by atoms with Gasteiger partial charge in [-0.2, -0.15) is 5.10 Å². The molecule has 1 atom stereocenters. The van der Waals surface area contributed by atoms with Crippen molar-refractivity contribution < 1.29 is 17.7 Å². The molecule has 8 heteroatoms. The highest BCUT2D eigenvalue weighted by atomic mass is 32.2. The third-order valence-corrected chi connectivity index (χ3v) is 4.85. The minimum absolute atomic E-state index is 0.274. The largest absolute Gasteiger partial charge is 0.497 e. The monoisotopic (exact) mass is 405 g/mol. The summed E-state index contributed by atoms with van der Waals surface area (Å²) in [5, 5.41) is 4.09. The van der Waals surface area contributed by atoms with E-state index in [-0.39, 0.29) is 5.69 Å². The second-order valence-electron chi connectivity index (χ2n) is 6.16. The molecule has 0 aliphatic rings. The topological polar surface area (TPSA) is 56.1 Å². The normalized spacial score (nSPS) is 12.3. The number of nitrogens with zero attached hydrogens (tertiary/aromatic N) is 2. The van der Waals surface area contributed by atoms with Crippen LogP contribution in [0.2, 0.25) is 0 Å². The number of halogens is 2. The molecule has 1 N–H and O–H groups in total. The van der Waals surface area contributed by atoms with E-state index in [1.54, 1.807) is 37.6 Å². The van der Waals surface area contributed by atoms with Crippen LogP contribution in [0.3, 0.4) is 0 Å². The molecule has 0 aliphatic heterocycles. The van der Waals surface area contributed by atoms with Gasteiger partial charge in [-0.05, 0) is 42.3 Å². The van der Waals surface area contributed by atoms with Gasteiger partial charge in [-0.25, -0.2) is 22.4 Å². The molecule has 1 aromatic heterocycles. The molecular weight excluding hydrogens is 384 g/mol. The van der Waals surface area contributed by atoms with Crippen LogP contribution in [0.15, 0.2) is 54.6 Å². The van der Waals surface area contributed by atoms with Gasteiger partial charge in [0.05, 0.1) is 29.5 Å². The fourth-order valence-electron chi connectivity index (χ4n) is 2.81. The summed E-state index contributed by atoms with van der Waals surface area (Å²) in [6, 6.07) is 16.1. The van der Waals surface area contributed by atoms with Crippen molar-refractivity contribution in [3.63, 3.8) is 0 Å². The lowest BCUT2D eigenvalue weighted by molar-refractivity contribution is 0.145. The summed E-state index contributed by atoms with van der Waals surface area (Å²) >= 11 is 0. The molecule has 0 saturated heterocycles. The lowest BCUT2D eigenvalue weighted by atomic mass is 10.1. The van der Waals surface area contributed by atoms with Gasteiger partial charge in [0.1, 0.15) is 11.4 Å². The van der Waals surface area contributed by atoms with Gasteiger partial charge in [0.25, 0.3) is 6.43 Å². The minimum atomic E-state index is -2.65. The molecule has 28 heavy (non-hydrogen) atoms. The van der Waals surface area contributed by atoms with Crippen LogP contribution in [-0.4, -0.2) is 33.9 Å². The lowest BCUT2D eigenvalue weighted by Crippen LogP contribution is -2.18. The van der Waals surface area contributed by atoms with Crippen molar-refractivity contribution in [3.05, 3.63) is 65.9 Å². The summed E-state index contributed by atoms with van der Waals surface area (Å²) < 4.78 is 47.1. The molecule has 1 unspecified atom stereocenters. The Morgan fingerprint density at radius 3 is 2.39 bits per heavy atom. The Morgan fingerprint density at radius 1 is 1.14 bits per heavy atom. The molecule has 0 saturated carbocycles. The first kappa shape index (κ1) is 20.2. The van der Waals surface area contributed by atoms with E-state index in [4.69, 9.17) is 4.74 Å². The first-order valence-corrected chi connectivity index (χ1v) is 10.2. The number of alkyl halides is 2. The highest BCUT2D eigenvalue weighted by molar-refractivity contribution is 7.82. The fourth-order valence-corrected chi connectivity index (χ4v) is 3.20. The van der Waals surface area contributed by atoms with Crippen LogP contribution >= 0.6 is 0 Å². The number of methoxy groups -OCH3 is 1. The molecule has 5 nitrogen and oxygen atoms in total. The highest BCUT2D eigenvalue weighted by Crippen LogP contribution is 2.29. The standard InChI is InChI=1S/C20H21F2N3O2S/c1-27-17-9-7-16(8-10-17)25-19(13-18(24-25)20(21)22)15-5-3-14(4-6-15)11-12-23-28(2)26/h3-10,13,20,23H,11-12H2,1-2H3. The molecule has 0 radical (unpaired) electrons. The zero-order chi connectivity index (χ0) is 20.1. The molecule has 148 valence electrons. The first-order valence-electron chi connectivity index (χ1n) is 8.66. The van der Waals surface area contributed by atoms with E-state index in [1.165, 1.54) is 10.7 Å². The average Bonchev–Trinajstić information content (AvgIpc) is 3.14. The SMILES string of the molecule is COc1ccc(-n2nc(C(F)F)cc2-c2ccc(CCNS(C)=O)cc2)cc1. The molecule has 0 spiro atoms. The third kappa shape index (κ3) is 4.82. The second-order valence-corrected chi connectivity index (χ2v) is 7.36. The number of hydrogen-bond donors (Lipinski definition) is 1. The van der Waals surface area contributed by atoms with Crippen LogP contribution in [0.4, 0.5) is 8.78 Å². The molecule has 0 fully saturated rings. The molecular formula is C20H21F2N3O2S. The Balaban J connectivity index is 1.90. The predicted molar refractivity (Wildman–Crippen MR) is 106 cm³/mol. The molecule has 0 aliphatic carbocycles. The molecule has 0 amide bonds. The highest BCUT2D eigenvalue weighted by Gasteiger charge is 2.17. The van der Waals surface area contributed by atoms with Gasteiger partial charge in [0, 0.05) is 18.4 Å². The van der Waals surface area contributed by atoms with Crippen molar-refractivity contribution >= 4 is 11.0 Å². The zero-order valence-electron chi connectivity index (χ0n) is 15.6. The van der Waals surface area contributed by atoms with Crippen LogP contribution < -0.4 is 9.46 Å². The van der Waals surface area contributed by atoms with E-state index in [0.29, 0.717) is 23.7 Å². The van der Waals surface area contributed by atoms with Crippen LogP contribution in [0.1, 0.15) is 17.7 Å². The number of hydrogen-bond acceptors (Lipinski definition) is 3. The van der Waals surface area contributed by atoms with E-state index < -0.39 is 17.4 Å². The van der Waals surface area contributed by atoms with Gasteiger partial charge in [0.2, 0.25) is 0 Å². The summed E-state index contributed by atoms with van der Waals surface area (Å²) in [6.07, 6.45) is -0.345. The summed E-state index contributed by atoms with van der Waals surface area (Å²) in [7, 11) is 0.524. The van der Waals surface area contributed by atoms with Crippen molar-refractivity contribution in [2.24, 2.45) is 0 Å². The van der Waals surface area contributed by atoms with Gasteiger partial charge in [-0.1, -0.05) is 24.3 Å². The Kier molecular flexibility index (Phi) is 6.53. The Labute approximate surface area is 164 Å². The summed E-state index contributed by atoms with van der Waals surface area (Å²) in [5.74, 6) is 0.678. The maximum absolute atomic E-state index is 13.3. The molecule has 1 heterocycles. The zero-order valence-corrected chi connectivity index (χ0v) is 16.4. The maximum Gasteiger partial charge on any atom is 0.282 e. The van der Waals surface area contributed by atoms with Crippen LogP contribution in [-0.2, 0) is 17.4 Å². The quantitative estimate of drug-likeness (QED) is 0.618. The predicted octanol–water partition coefficient (Wildman–Crippen LogP) is 3.91. The van der Waals surface area contributed by atoms with Crippen molar-refractivity contribution in [3.8, 4) is 22.7 Å².